The van der Waals surface area contributed by atoms with Gasteiger partial charge in [-0.25, -0.2) is 0 Å². The summed E-state index contributed by atoms with van der Waals surface area (Å²) < 4.78 is 0. The molecular formula is C30H50O. The van der Waals surface area contributed by atoms with Gasteiger partial charge in [0.25, 0.3) is 0 Å². The topological polar surface area (TPSA) is 20.2 Å². The third-order valence-corrected chi connectivity index (χ3v) is 13.6. The van der Waals surface area contributed by atoms with Gasteiger partial charge in [0.2, 0.25) is 0 Å². The van der Waals surface area contributed by atoms with Gasteiger partial charge >= 0.3 is 0 Å². The summed E-state index contributed by atoms with van der Waals surface area (Å²) in [5.41, 5.74) is 4.02. The predicted octanol–water partition coefficient (Wildman–Crippen LogP) is 8.17. The zero-order valence-corrected chi connectivity index (χ0v) is 21.9. The molecule has 8 unspecified atom stereocenters. The Hall–Kier alpha value is -0.300. The molecule has 0 bridgehead atoms. The quantitative estimate of drug-likeness (QED) is 0.387. The number of hydrogen-bond acceptors (Lipinski definition) is 1. The second-order valence-corrected chi connectivity index (χ2v) is 14.9. The van der Waals surface area contributed by atoms with Gasteiger partial charge in [-0.3, -0.25) is 0 Å². The van der Waals surface area contributed by atoms with Gasteiger partial charge in [0, 0.05) is 0 Å². The molecule has 5 aliphatic carbocycles. The van der Waals surface area contributed by atoms with Crippen LogP contribution in [0.25, 0.3) is 0 Å². The highest BCUT2D eigenvalue weighted by Crippen LogP contribution is 2.76. The minimum atomic E-state index is -0.134. The van der Waals surface area contributed by atoms with Crippen molar-refractivity contribution < 1.29 is 5.11 Å². The third kappa shape index (κ3) is 2.54. The minimum absolute atomic E-state index is 0.0369. The van der Waals surface area contributed by atoms with Crippen molar-refractivity contribution in [1.29, 1.82) is 0 Å². The van der Waals surface area contributed by atoms with Crippen molar-refractivity contribution in [1.82, 2.24) is 0 Å². The first-order valence-corrected chi connectivity index (χ1v) is 13.6. The van der Waals surface area contributed by atoms with E-state index >= 15 is 0 Å². The molecule has 4 fully saturated rings. The van der Waals surface area contributed by atoms with E-state index in [0.717, 1.165) is 18.3 Å². The van der Waals surface area contributed by atoms with Gasteiger partial charge in [-0.2, -0.15) is 0 Å². The van der Waals surface area contributed by atoms with Gasteiger partial charge in [0.1, 0.15) is 0 Å². The molecule has 8 atom stereocenters. The Labute approximate surface area is 192 Å². The monoisotopic (exact) mass is 426 g/mol. The van der Waals surface area contributed by atoms with Crippen LogP contribution < -0.4 is 0 Å². The molecule has 0 aromatic carbocycles. The fraction of sp³-hybridized carbons (Fsp3) is 0.933. The Morgan fingerprint density at radius 2 is 1.45 bits per heavy atom. The second kappa shape index (κ2) is 6.43. The van der Waals surface area contributed by atoms with Gasteiger partial charge < -0.3 is 5.11 Å². The smallest absolute Gasteiger partial charge is 0.0594 e. The molecule has 0 heterocycles. The molecule has 4 saturated carbocycles. The molecule has 1 heteroatoms. The summed E-state index contributed by atoms with van der Waals surface area (Å²) in [6.07, 6.45) is 15.8. The molecule has 5 aliphatic rings. The number of allylic oxidation sites excluding steroid dienone is 2. The van der Waals surface area contributed by atoms with Crippen LogP contribution in [-0.4, -0.2) is 11.2 Å². The summed E-state index contributed by atoms with van der Waals surface area (Å²) in [6, 6.07) is 0. The molecule has 0 aromatic rings. The van der Waals surface area contributed by atoms with Crippen molar-refractivity contribution in [2.45, 2.75) is 126 Å². The molecule has 5 rings (SSSR count). The molecule has 0 spiro atoms. The average molecular weight is 427 g/mol. The summed E-state index contributed by atoms with van der Waals surface area (Å²) in [7, 11) is 0. The van der Waals surface area contributed by atoms with Crippen LogP contribution in [0.5, 0.6) is 0 Å². The van der Waals surface area contributed by atoms with Crippen molar-refractivity contribution in [2.24, 2.45) is 50.2 Å². The van der Waals surface area contributed by atoms with E-state index in [0.29, 0.717) is 33.0 Å². The Kier molecular flexibility index (Phi) is 4.66. The summed E-state index contributed by atoms with van der Waals surface area (Å²) in [5, 5.41) is 10.9. The molecule has 0 saturated heterocycles. The van der Waals surface area contributed by atoms with E-state index in [2.05, 4.69) is 61.5 Å². The van der Waals surface area contributed by atoms with E-state index in [1.165, 1.54) is 57.8 Å². The zero-order valence-electron chi connectivity index (χ0n) is 21.9. The normalized spacial score (nSPS) is 55.2. The molecular weight excluding hydrogens is 376 g/mol. The van der Waals surface area contributed by atoms with Crippen LogP contribution in [0.1, 0.15) is 120 Å². The van der Waals surface area contributed by atoms with Crippen LogP contribution in [0.4, 0.5) is 0 Å². The number of aliphatic hydroxyl groups excluding tert-OH is 1. The van der Waals surface area contributed by atoms with E-state index in [9.17, 15) is 5.11 Å². The summed E-state index contributed by atoms with van der Waals surface area (Å²) in [6.45, 7) is 20.6. The molecule has 0 aliphatic heterocycles. The standard InChI is InChI=1S/C30H50O/c1-25(2)15-9-10-23-29(25,7)19-18-28(6)21-11-12-22-26(3,4)24(31)14-16-27(22,5)20(21)13-17-30(23,28)8/h11,20,22-24,31H,9-10,12-19H2,1-8H3. The lowest BCUT2D eigenvalue weighted by atomic mass is 9.32. The Morgan fingerprint density at radius 3 is 2.16 bits per heavy atom. The lowest BCUT2D eigenvalue weighted by Gasteiger charge is -2.72. The largest absolute Gasteiger partial charge is 0.393 e. The predicted molar refractivity (Wildman–Crippen MR) is 131 cm³/mol. The van der Waals surface area contributed by atoms with Crippen molar-refractivity contribution in [2.75, 3.05) is 0 Å². The molecule has 0 amide bonds. The Morgan fingerprint density at radius 1 is 0.742 bits per heavy atom. The maximum Gasteiger partial charge on any atom is 0.0594 e. The van der Waals surface area contributed by atoms with Crippen LogP contribution >= 0.6 is 0 Å². The van der Waals surface area contributed by atoms with Crippen LogP contribution in [0, 0.1) is 50.2 Å². The van der Waals surface area contributed by atoms with Gasteiger partial charge in [0.05, 0.1) is 6.10 Å². The van der Waals surface area contributed by atoms with Gasteiger partial charge in [-0.15, -0.1) is 0 Å². The first kappa shape index (κ1) is 22.5. The fourth-order valence-electron chi connectivity index (χ4n) is 10.8. The van der Waals surface area contributed by atoms with Gasteiger partial charge in [0.15, 0.2) is 0 Å². The van der Waals surface area contributed by atoms with Crippen LogP contribution in [-0.2, 0) is 0 Å². The summed E-state index contributed by atoms with van der Waals surface area (Å²) in [5.74, 6) is 2.21. The minimum Gasteiger partial charge on any atom is -0.393 e. The lowest BCUT2D eigenvalue weighted by Crippen LogP contribution is -2.64. The van der Waals surface area contributed by atoms with Gasteiger partial charge in [-0.1, -0.05) is 73.5 Å². The van der Waals surface area contributed by atoms with E-state index in [-0.39, 0.29) is 11.5 Å². The SMILES string of the molecule is CC1(C)C(O)CCC2(C)C3CCC4(C)C5CCCC(C)(C)C5(C)CCC4(C)C3=CCC12. The van der Waals surface area contributed by atoms with E-state index in [4.69, 9.17) is 0 Å². The molecule has 0 radical (unpaired) electrons. The molecule has 1 N–H and O–H groups in total. The highest BCUT2D eigenvalue weighted by Gasteiger charge is 2.68. The molecule has 31 heavy (non-hydrogen) atoms. The fourth-order valence-corrected chi connectivity index (χ4v) is 10.8. The maximum atomic E-state index is 10.9. The first-order chi connectivity index (χ1) is 14.2. The number of aliphatic hydroxyl groups is 1. The van der Waals surface area contributed by atoms with E-state index in [1.807, 2.05) is 5.57 Å². The second-order valence-electron chi connectivity index (χ2n) is 14.9. The third-order valence-electron chi connectivity index (χ3n) is 13.6. The Bertz CT molecular complexity index is 790. The van der Waals surface area contributed by atoms with Crippen LogP contribution in [0.2, 0.25) is 0 Å². The molecule has 176 valence electrons. The lowest BCUT2D eigenvalue weighted by molar-refractivity contribution is -0.196. The van der Waals surface area contributed by atoms with E-state index in [1.54, 1.807) is 0 Å². The number of fused-ring (bicyclic) bond motifs is 7. The average Bonchev–Trinajstić information content (AvgIpc) is 2.68. The molecule has 1 nitrogen and oxygen atoms in total. The zero-order chi connectivity index (χ0) is 22.7. The summed E-state index contributed by atoms with van der Waals surface area (Å²) in [4.78, 5) is 0. The maximum absolute atomic E-state index is 10.9. The van der Waals surface area contributed by atoms with Crippen LogP contribution in [0.3, 0.4) is 0 Å². The van der Waals surface area contributed by atoms with Crippen molar-refractivity contribution in [3.05, 3.63) is 11.6 Å². The number of hydrogen-bond donors (Lipinski definition) is 1. The summed E-state index contributed by atoms with van der Waals surface area (Å²) >= 11 is 0. The Balaban J connectivity index is 1.57. The van der Waals surface area contributed by atoms with Crippen molar-refractivity contribution in [3.63, 3.8) is 0 Å². The number of rotatable bonds is 0. The van der Waals surface area contributed by atoms with E-state index < -0.39 is 0 Å². The van der Waals surface area contributed by atoms with Gasteiger partial charge in [-0.05, 0) is 108 Å². The highest BCUT2D eigenvalue weighted by molar-refractivity contribution is 5.33. The highest BCUT2D eigenvalue weighted by atomic mass is 16.3. The van der Waals surface area contributed by atoms with Crippen LogP contribution in [0.15, 0.2) is 11.6 Å². The first-order valence-electron chi connectivity index (χ1n) is 13.6. The van der Waals surface area contributed by atoms with Crippen molar-refractivity contribution in [3.8, 4) is 0 Å². The molecule has 0 aromatic heterocycles. The van der Waals surface area contributed by atoms with Crippen molar-refractivity contribution >= 4 is 0 Å².